The van der Waals surface area contributed by atoms with Crippen molar-refractivity contribution in [3.63, 3.8) is 0 Å². The van der Waals surface area contributed by atoms with Gasteiger partial charge in [-0.05, 0) is 18.2 Å². The third-order valence-electron chi connectivity index (χ3n) is 2.00. The lowest BCUT2D eigenvalue weighted by Gasteiger charge is -2.07. The molecule has 0 atom stereocenters. The molecular formula is C9H5F3N2O2. The van der Waals surface area contributed by atoms with Gasteiger partial charge in [-0.1, -0.05) is 6.07 Å². The van der Waals surface area contributed by atoms with E-state index in [9.17, 15) is 18.0 Å². The van der Waals surface area contributed by atoms with Crippen LogP contribution in [0.5, 0.6) is 0 Å². The smallest absolute Gasteiger partial charge is 0.433 e. The molecule has 0 saturated carbocycles. The van der Waals surface area contributed by atoms with Gasteiger partial charge >= 0.3 is 12.1 Å². The predicted molar refractivity (Wildman–Crippen MR) is 47.2 cm³/mol. The standard InChI is InChI=1S/C9H5F3N2O2/c10-9(11,12)7-3-1-2-5-4-6(8(15)16)13-14(5)7/h1-4H,(H,15,16). The van der Waals surface area contributed by atoms with E-state index in [0.29, 0.717) is 4.52 Å². The van der Waals surface area contributed by atoms with Gasteiger partial charge in [-0.15, -0.1) is 0 Å². The molecule has 0 saturated heterocycles. The second-order valence-corrected chi connectivity index (χ2v) is 3.08. The minimum atomic E-state index is -4.57. The first kappa shape index (κ1) is 10.5. The lowest BCUT2D eigenvalue weighted by molar-refractivity contribution is -0.142. The van der Waals surface area contributed by atoms with Gasteiger partial charge in [0.1, 0.15) is 5.69 Å². The molecule has 7 heteroatoms. The molecule has 0 amide bonds. The summed E-state index contributed by atoms with van der Waals surface area (Å²) in [6, 6.07) is 4.48. The number of pyridine rings is 1. The molecule has 0 radical (unpaired) electrons. The highest BCUT2D eigenvalue weighted by molar-refractivity contribution is 5.87. The summed E-state index contributed by atoms with van der Waals surface area (Å²) in [6.45, 7) is 0. The molecule has 16 heavy (non-hydrogen) atoms. The van der Waals surface area contributed by atoms with Crippen LogP contribution in [-0.4, -0.2) is 20.7 Å². The van der Waals surface area contributed by atoms with E-state index in [-0.39, 0.29) is 5.52 Å². The second kappa shape index (κ2) is 3.22. The number of alkyl halides is 3. The van der Waals surface area contributed by atoms with E-state index in [2.05, 4.69) is 5.10 Å². The zero-order valence-corrected chi connectivity index (χ0v) is 7.69. The molecule has 1 N–H and O–H groups in total. The largest absolute Gasteiger partial charge is 0.476 e. The number of carboxylic acids is 1. The number of aromatic carboxylic acids is 1. The zero-order valence-electron chi connectivity index (χ0n) is 7.69. The van der Waals surface area contributed by atoms with E-state index >= 15 is 0 Å². The number of halogens is 3. The fourth-order valence-electron chi connectivity index (χ4n) is 1.33. The van der Waals surface area contributed by atoms with Crippen LogP contribution in [0.2, 0.25) is 0 Å². The normalized spacial score (nSPS) is 11.9. The molecule has 0 aliphatic carbocycles. The Hall–Kier alpha value is -2.05. The Morgan fingerprint density at radius 3 is 2.62 bits per heavy atom. The molecule has 0 aromatic carbocycles. The number of carbonyl (C=O) groups is 1. The first-order chi connectivity index (χ1) is 7.39. The molecule has 2 rings (SSSR count). The van der Waals surface area contributed by atoms with Crippen molar-refractivity contribution in [3.05, 3.63) is 35.7 Å². The lowest BCUT2D eigenvalue weighted by atomic mass is 10.3. The quantitative estimate of drug-likeness (QED) is 0.815. The van der Waals surface area contributed by atoms with Crippen molar-refractivity contribution in [2.75, 3.05) is 0 Å². The Labute approximate surface area is 86.9 Å². The van der Waals surface area contributed by atoms with Crippen molar-refractivity contribution in [3.8, 4) is 0 Å². The minimum absolute atomic E-state index is 0.0900. The molecule has 0 fully saturated rings. The van der Waals surface area contributed by atoms with Gasteiger partial charge in [-0.2, -0.15) is 18.3 Å². The van der Waals surface area contributed by atoms with Crippen LogP contribution >= 0.6 is 0 Å². The van der Waals surface area contributed by atoms with Crippen LogP contribution < -0.4 is 0 Å². The third-order valence-corrected chi connectivity index (χ3v) is 2.00. The van der Waals surface area contributed by atoms with Crippen LogP contribution in [0.3, 0.4) is 0 Å². The average molecular weight is 230 g/mol. The Kier molecular flexibility index (Phi) is 2.11. The van der Waals surface area contributed by atoms with Crippen molar-refractivity contribution >= 4 is 11.5 Å². The Bertz CT molecular complexity index is 559. The summed E-state index contributed by atoms with van der Waals surface area (Å²) in [5.74, 6) is -1.36. The van der Waals surface area contributed by atoms with E-state index in [1.165, 1.54) is 12.1 Å². The molecule has 0 bridgehead atoms. The summed E-state index contributed by atoms with van der Waals surface area (Å²) in [4.78, 5) is 10.6. The highest BCUT2D eigenvalue weighted by Gasteiger charge is 2.34. The maximum atomic E-state index is 12.5. The molecule has 0 aliphatic heterocycles. The van der Waals surface area contributed by atoms with Gasteiger partial charge in [0.2, 0.25) is 0 Å². The maximum absolute atomic E-state index is 12.5. The number of nitrogens with zero attached hydrogens (tertiary/aromatic N) is 2. The second-order valence-electron chi connectivity index (χ2n) is 3.08. The first-order valence-corrected chi connectivity index (χ1v) is 4.19. The molecule has 84 valence electrons. The summed E-state index contributed by atoms with van der Waals surface area (Å²) in [7, 11) is 0. The fourth-order valence-corrected chi connectivity index (χ4v) is 1.33. The molecule has 2 aromatic rings. The van der Waals surface area contributed by atoms with Crippen LogP contribution in [0.25, 0.3) is 5.52 Å². The van der Waals surface area contributed by atoms with Crippen LogP contribution in [0.4, 0.5) is 13.2 Å². The van der Waals surface area contributed by atoms with Crippen LogP contribution in [-0.2, 0) is 6.18 Å². The van der Waals surface area contributed by atoms with Gasteiger partial charge in [0.05, 0.1) is 5.52 Å². The van der Waals surface area contributed by atoms with Crippen LogP contribution in [0, 0.1) is 0 Å². The first-order valence-electron chi connectivity index (χ1n) is 4.19. The minimum Gasteiger partial charge on any atom is -0.476 e. The number of hydrogen-bond acceptors (Lipinski definition) is 2. The van der Waals surface area contributed by atoms with Gasteiger partial charge in [0.25, 0.3) is 0 Å². The molecular weight excluding hydrogens is 225 g/mol. The third kappa shape index (κ3) is 1.60. The summed E-state index contributed by atoms with van der Waals surface area (Å²) < 4.78 is 38.1. The lowest BCUT2D eigenvalue weighted by Crippen LogP contribution is -2.12. The SMILES string of the molecule is O=C(O)c1cc2cccc(C(F)(F)F)n2n1. The molecule has 2 heterocycles. The van der Waals surface area contributed by atoms with Gasteiger partial charge in [-0.25, -0.2) is 9.31 Å². The van der Waals surface area contributed by atoms with E-state index < -0.39 is 23.5 Å². The molecule has 4 nitrogen and oxygen atoms in total. The van der Waals surface area contributed by atoms with E-state index in [1.54, 1.807) is 0 Å². The summed E-state index contributed by atoms with van der Waals surface area (Å²) >= 11 is 0. The van der Waals surface area contributed by atoms with Gasteiger partial charge in [0, 0.05) is 0 Å². The van der Waals surface area contributed by atoms with E-state index in [1.807, 2.05) is 0 Å². The number of aromatic nitrogens is 2. The van der Waals surface area contributed by atoms with Crippen molar-refractivity contribution in [1.29, 1.82) is 0 Å². The highest BCUT2D eigenvalue weighted by atomic mass is 19.4. The Morgan fingerprint density at radius 2 is 2.06 bits per heavy atom. The van der Waals surface area contributed by atoms with Crippen molar-refractivity contribution in [1.82, 2.24) is 9.61 Å². The molecule has 0 unspecified atom stereocenters. The topological polar surface area (TPSA) is 54.6 Å². The van der Waals surface area contributed by atoms with Gasteiger partial charge < -0.3 is 5.11 Å². The summed E-state index contributed by atoms with van der Waals surface area (Å²) in [6.07, 6.45) is -4.57. The molecule has 0 spiro atoms. The zero-order chi connectivity index (χ0) is 11.9. The molecule has 2 aromatic heterocycles. The van der Waals surface area contributed by atoms with E-state index in [0.717, 1.165) is 12.1 Å². The number of hydrogen-bond donors (Lipinski definition) is 1. The predicted octanol–water partition coefficient (Wildman–Crippen LogP) is 2.05. The van der Waals surface area contributed by atoms with E-state index in [4.69, 9.17) is 5.11 Å². The molecule has 0 aliphatic rings. The van der Waals surface area contributed by atoms with Crippen molar-refractivity contribution < 1.29 is 23.1 Å². The fraction of sp³-hybridized carbons (Fsp3) is 0.111. The highest BCUT2D eigenvalue weighted by Crippen LogP contribution is 2.29. The summed E-state index contributed by atoms with van der Waals surface area (Å²) in [5, 5.41) is 12.0. The van der Waals surface area contributed by atoms with Crippen molar-refractivity contribution in [2.24, 2.45) is 0 Å². The Morgan fingerprint density at radius 1 is 1.38 bits per heavy atom. The monoisotopic (exact) mass is 230 g/mol. The van der Waals surface area contributed by atoms with Crippen LogP contribution in [0.1, 0.15) is 16.2 Å². The number of rotatable bonds is 1. The summed E-state index contributed by atoms with van der Waals surface area (Å²) in [5.41, 5.74) is -1.33. The van der Waals surface area contributed by atoms with Gasteiger partial charge in [0.15, 0.2) is 5.69 Å². The average Bonchev–Trinajstić information content (AvgIpc) is 2.58. The number of carboxylic acid groups (broad SMARTS) is 1. The number of fused-ring (bicyclic) bond motifs is 1. The maximum Gasteiger partial charge on any atom is 0.433 e. The van der Waals surface area contributed by atoms with Crippen LogP contribution in [0.15, 0.2) is 24.3 Å². The Balaban J connectivity index is 2.73. The van der Waals surface area contributed by atoms with Gasteiger partial charge in [-0.3, -0.25) is 0 Å². The van der Waals surface area contributed by atoms with Crippen molar-refractivity contribution in [2.45, 2.75) is 6.18 Å².